The smallest absolute Gasteiger partial charge is 0.326 e. The van der Waals surface area contributed by atoms with Crippen LogP contribution in [-0.2, 0) is 19.2 Å². The van der Waals surface area contributed by atoms with Gasteiger partial charge in [-0.25, -0.2) is 4.79 Å². The van der Waals surface area contributed by atoms with Crippen molar-refractivity contribution in [1.29, 1.82) is 0 Å². The molecule has 190 valence electrons. The quantitative estimate of drug-likeness (QED) is 0.0632. The first-order valence-electron chi connectivity index (χ1n) is 10.5. The summed E-state index contributed by atoms with van der Waals surface area (Å²) in [5.74, 6) is -3.16. The predicted molar refractivity (Wildman–Crippen MR) is 126 cm³/mol. The minimum atomic E-state index is -1.32. The van der Waals surface area contributed by atoms with Gasteiger partial charge in [0.1, 0.15) is 18.1 Å². The van der Waals surface area contributed by atoms with E-state index in [2.05, 4.69) is 20.9 Å². The van der Waals surface area contributed by atoms with Gasteiger partial charge in [-0.15, -0.1) is 0 Å². The molecule has 3 amide bonds. The zero-order valence-electron chi connectivity index (χ0n) is 19.2. The van der Waals surface area contributed by atoms with E-state index in [1.165, 1.54) is 11.8 Å². The number of nitrogens with two attached hydrogens (primary N) is 3. The largest absolute Gasteiger partial charge is 0.480 e. The molecule has 11 N–H and O–H groups in total. The van der Waals surface area contributed by atoms with Gasteiger partial charge in [-0.2, -0.15) is 11.8 Å². The molecule has 0 spiro atoms. The van der Waals surface area contributed by atoms with Gasteiger partial charge in [0.05, 0.1) is 12.6 Å². The van der Waals surface area contributed by atoms with Crippen LogP contribution in [0.5, 0.6) is 0 Å². The van der Waals surface area contributed by atoms with E-state index < -0.39 is 54.5 Å². The fraction of sp³-hybridized carbons (Fsp3) is 0.737. The molecule has 0 aromatic heterocycles. The van der Waals surface area contributed by atoms with Crippen LogP contribution in [0.25, 0.3) is 0 Å². The van der Waals surface area contributed by atoms with Crippen LogP contribution < -0.4 is 33.2 Å². The van der Waals surface area contributed by atoms with E-state index in [1.807, 2.05) is 6.26 Å². The third kappa shape index (κ3) is 12.3. The summed E-state index contributed by atoms with van der Waals surface area (Å²) in [6, 6.07) is -4.48. The average Bonchev–Trinajstić information content (AvgIpc) is 2.75. The van der Waals surface area contributed by atoms with Crippen molar-refractivity contribution >= 4 is 41.4 Å². The summed E-state index contributed by atoms with van der Waals surface area (Å²) in [4.78, 5) is 52.8. The van der Waals surface area contributed by atoms with Gasteiger partial charge in [-0.3, -0.25) is 19.4 Å². The molecule has 13 nitrogen and oxygen atoms in total. The van der Waals surface area contributed by atoms with E-state index in [9.17, 15) is 29.4 Å². The third-order valence-electron chi connectivity index (χ3n) is 4.64. The highest BCUT2D eigenvalue weighted by Crippen LogP contribution is 2.05. The Kier molecular flexibility index (Phi) is 14.8. The number of rotatable bonds is 16. The van der Waals surface area contributed by atoms with Crippen molar-refractivity contribution in [3.05, 3.63) is 0 Å². The van der Waals surface area contributed by atoms with Crippen LogP contribution in [0.2, 0.25) is 0 Å². The van der Waals surface area contributed by atoms with E-state index in [0.717, 1.165) is 0 Å². The lowest BCUT2D eigenvalue weighted by Gasteiger charge is -2.25. The van der Waals surface area contributed by atoms with E-state index >= 15 is 0 Å². The van der Waals surface area contributed by atoms with Gasteiger partial charge in [0, 0.05) is 6.54 Å². The van der Waals surface area contributed by atoms with Crippen LogP contribution in [0.15, 0.2) is 4.99 Å². The summed E-state index contributed by atoms with van der Waals surface area (Å²) in [7, 11) is 0. The maximum atomic E-state index is 12.7. The standard InChI is InChI=1S/C19H37N7O6S/c1-10(2)14(20)17(30)26-13(9-27)16(29)24-11(6-8-33-3)15(28)25-12(18(31)32)5-4-7-23-19(21)22/h10-14,27H,4-9,20H2,1-3H3,(H,24,29)(H,25,28)(H,26,30)(H,31,32)(H4,21,22,23). The van der Waals surface area contributed by atoms with Gasteiger partial charge in [0.15, 0.2) is 5.96 Å². The molecule has 0 aliphatic carbocycles. The van der Waals surface area contributed by atoms with Crippen molar-refractivity contribution in [3.8, 4) is 0 Å². The molecule has 0 heterocycles. The molecule has 0 fully saturated rings. The van der Waals surface area contributed by atoms with Crippen molar-refractivity contribution in [2.24, 2.45) is 28.1 Å². The molecule has 33 heavy (non-hydrogen) atoms. The average molecular weight is 492 g/mol. The maximum absolute atomic E-state index is 12.7. The SMILES string of the molecule is CSCCC(NC(=O)C(CO)NC(=O)C(N)C(C)C)C(=O)NC(CCCN=C(N)N)C(=O)O. The Morgan fingerprint density at radius 3 is 1.97 bits per heavy atom. The summed E-state index contributed by atoms with van der Waals surface area (Å²) in [6.07, 6.45) is 2.40. The van der Waals surface area contributed by atoms with E-state index in [-0.39, 0.29) is 31.3 Å². The van der Waals surface area contributed by atoms with Gasteiger partial charge in [-0.1, -0.05) is 13.8 Å². The lowest BCUT2D eigenvalue weighted by Crippen LogP contribution is -2.58. The number of aliphatic hydroxyl groups excluding tert-OH is 1. The van der Waals surface area contributed by atoms with Crippen molar-refractivity contribution in [2.75, 3.05) is 25.2 Å². The van der Waals surface area contributed by atoms with Gasteiger partial charge in [-0.05, 0) is 37.2 Å². The van der Waals surface area contributed by atoms with E-state index in [4.69, 9.17) is 17.2 Å². The van der Waals surface area contributed by atoms with Crippen LogP contribution in [0, 0.1) is 5.92 Å². The Hall–Kier alpha value is -2.58. The molecule has 4 unspecified atom stereocenters. The van der Waals surface area contributed by atoms with Crippen molar-refractivity contribution in [3.63, 3.8) is 0 Å². The number of hydrogen-bond donors (Lipinski definition) is 8. The summed E-state index contributed by atoms with van der Waals surface area (Å²) in [5.41, 5.74) is 16.2. The van der Waals surface area contributed by atoms with Crippen LogP contribution in [-0.4, -0.2) is 89.2 Å². The summed E-state index contributed by atoms with van der Waals surface area (Å²) < 4.78 is 0. The lowest BCUT2D eigenvalue weighted by atomic mass is 10.0. The first-order chi connectivity index (χ1) is 15.4. The predicted octanol–water partition coefficient (Wildman–Crippen LogP) is -2.69. The molecule has 0 aliphatic rings. The monoisotopic (exact) mass is 491 g/mol. The number of aliphatic imine (C=N–C) groups is 1. The molecule has 0 saturated heterocycles. The normalized spacial score (nSPS) is 14.5. The molecule has 0 bridgehead atoms. The van der Waals surface area contributed by atoms with E-state index in [0.29, 0.717) is 12.2 Å². The van der Waals surface area contributed by atoms with Gasteiger partial charge in [0.2, 0.25) is 17.7 Å². The topological polar surface area (TPSA) is 235 Å². The summed E-state index contributed by atoms with van der Waals surface area (Å²) in [5, 5.41) is 26.2. The number of thioether (sulfide) groups is 1. The van der Waals surface area contributed by atoms with Gasteiger partial charge in [0.25, 0.3) is 0 Å². The number of amides is 3. The van der Waals surface area contributed by atoms with Crippen molar-refractivity contribution < 1.29 is 29.4 Å². The van der Waals surface area contributed by atoms with Gasteiger partial charge >= 0.3 is 5.97 Å². The number of carbonyl (C=O) groups excluding carboxylic acids is 3. The zero-order chi connectivity index (χ0) is 25.6. The Bertz CT molecular complexity index is 688. The fourth-order valence-corrected chi connectivity index (χ4v) is 3.05. The molecule has 0 aromatic rings. The molecule has 14 heteroatoms. The van der Waals surface area contributed by atoms with Crippen LogP contribution in [0.1, 0.15) is 33.1 Å². The Morgan fingerprint density at radius 1 is 0.939 bits per heavy atom. The number of carbonyl (C=O) groups is 4. The Labute approximate surface area is 197 Å². The molecule has 4 atom stereocenters. The van der Waals surface area contributed by atoms with Crippen molar-refractivity contribution in [2.45, 2.75) is 57.3 Å². The number of aliphatic hydroxyl groups is 1. The highest BCUT2D eigenvalue weighted by Gasteiger charge is 2.30. The lowest BCUT2D eigenvalue weighted by molar-refractivity contribution is -0.142. The molecular formula is C19H37N7O6S. The van der Waals surface area contributed by atoms with Crippen LogP contribution >= 0.6 is 11.8 Å². The molecule has 0 aliphatic heterocycles. The second-order valence-electron chi connectivity index (χ2n) is 7.70. The fourth-order valence-electron chi connectivity index (χ4n) is 2.57. The molecule has 0 radical (unpaired) electrons. The first-order valence-corrected chi connectivity index (χ1v) is 11.9. The minimum Gasteiger partial charge on any atom is -0.480 e. The van der Waals surface area contributed by atoms with E-state index in [1.54, 1.807) is 13.8 Å². The minimum absolute atomic E-state index is 0.0729. The van der Waals surface area contributed by atoms with Crippen LogP contribution in [0.4, 0.5) is 0 Å². The number of guanidine groups is 1. The zero-order valence-corrected chi connectivity index (χ0v) is 20.1. The van der Waals surface area contributed by atoms with Crippen LogP contribution in [0.3, 0.4) is 0 Å². The number of nitrogens with one attached hydrogen (secondary N) is 3. The Morgan fingerprint density at radius 2 is 1.48 bits per heavy atom. The number of carboxylic acid groups (broad SMARTS) is 1. The molecule has 0 aromatic carbocycles. The highest BCUT2D eigenvalue weighted by molar-refractivity contribution is 7.98. The van der Waals surface area contributed by atoms with Gasteiger partial charge < -0.3 is 43.4 Å². The summed E-state index contributed by atoms with van der Waals surface area (Å²) in [6.45, 7) is 2.96. The number of carboxylic acids is 1. The number of nitrogens with zero attached hydrogens (tertiary/aromatic N) is 1. The number of hydrogen-bond acceptors (Lipinski definition) is 8. The molecule has 0 saturated carbocycles. The number of aliphatic carboxylic acids is 1. The Balaban J connectivity index is 5.21. The van der Waals surface area contributed by atoms with Crippen molar-refractivity contribution in [1.82, 2.24) is 16.0 Å². The summed E-state index contributed by atoms with van der Waals surface area (Å²) >= 11 is 1.43. The second kappa shape index (κ2) is 16.1. The molecular weight excluding hydrogens is 454 g/mol. The first kappa shape index (κ1) is 30.4. The maximum Gasteiger partial charge on any atom is 0.326 e. The molecule has 0 rings (SSSR count). The third-order valence-corrected chi connectivity index (χ3v) is 5.28. The second-order valence-corrected chi connectivity index (χ2v) is 8.69. The highest BCUT2D eigenvalue weighted by atomic mass is 32.2.